The predicted molar refractivity (Wildman–Crippen MR) is 47.1 cm³/mol. The lowest BCUT2D eigenvalue weighted by molar-refractivity contribution is -0.156. The van der Waals surface area contributed by atoms with Gasteiger partial charge in [0, 0.05) is 19.6 Å². The van der Waals surface area contributed by atoms with Crippen LogP contribution in [0.1, 0.15) is 13.3 Å². The fraction of sp³-hybridized carbons (Fsp3) is 0.889. The van der Waals surface area contributed by atoms with Crippen LogP contribution in [0.25, 0.3) is 0 Å². The van der Waals surface area contributed by atoms with E-state index in [2.05, 4.69) is 10.2 Å². The maximum Gasteiger partial charge on any atom is 0.311 e. The van der Waals surface area contributed by atoms with Crippen molar-refractivity contribution in [1.82, 2.24) is 10.2 Å². The summed E-state index contributed by atoms with van der Waals surface area (Å²) in [7, 11) is 0. The van der Waals surface area contributed by atoms with E-state index >= 15 is 0 Å². The van der Waals surface area contributed by atoms with E-state index in [1.165, 1.54) is 0 Å². The Morgan fingerprint density at radius 1 is 1.62 bits per heavy atom. The number of carbonyl (C=O) groups excluding carboxylic acids is 1. The smallest absolute Gasteiger partial charge is 0.311 e. The number of carbonyl (C=O) groups is 1. The molecule has 2 aliphatic rings. The Kier molecular flexibility index (Phi) is 2.51. The Hall–Kier alpha value is -0.610. The van der Waals surface area contributed by atoms with E-state index in [0.717, 1.165) is 26.1 Å². The first-order valence-corrected chi connectivity index (χ1v) is 4.88. The van der Waals surface area contributed by atoms with Crippen LogP contribution in [-0.4, -0.2) is 43.3 Å². The third-order valence-corrected chi connectivity index (χ3v) is 2.68. The van der Waals surface area contributed by atoms with Crippen molar-refractivity contribution in [2.75, 3.05) is 26.2 Å². The normalized spacial score (nSPS) is 29.2. The van der Waals surface area contributed by atoms with Crippen LogP contribution in [0.3, 0.4) is 0 Å². The third-order valence-electron chi connectivity index (χ3n) is 2.68. The topological polar surface area (TPSA) is 43.6 Å². The Morgan fingerprint density at radius 3 is 2.77 bits per heavy atom. The zero-order valence-electron chi connectivity index (χ0n) is 7.90. The summed E-state index contributed by atoms with van der Waals surface area (Å²) in [5.41, 5.74) is 0. The Bertz CT molecular complexity index is 198. The van der Waals surface area contributed by atoms with Gasteiger partial charge in [0.15, 0.2) is 0 Å². The first-order valence-electron chi connectivity index (χ1n) is 4.88. The lowest BCUT2D eigenvalue weighted by Crippen LogP contribution is -2.61. The summed E-state index contributed by atoms with van der Waals surface area (Å²) in [5, 5.41) is 4.30. The largest absolute Gasteiger partial charge is 0.466 e. The van der Waals surface area contributed by atoms with Gasteiger partial charge in [-0.15, -0.1) is 0 Å². The summed E-state index contributed by atoms with van der Waals surface area (Å²) < 4.78 is 4.93. The van der Waals surface area contributed by atoms with E-state index < -0.39 is 0 Å². The fourth-order valence-corrected chi connectivity index (χ4v) is 1.71. The van der Waals surface area contributed by atoms with Gasteiger partial charge >= 0.3 is 5.97 Å². The van der Waals surface area contributed by atoms with Crippen molar-refractivity contribution < 1.29 is 9.53 Å². The molecule has 2 saturated heterocycles. The molecule has 0 aromatic heterocycles. The highest BCUT2D eigenvalue weighted by molar-refractivity contribution is 5.74. The molecule has 0 aromatic carbocycles. The third kappa shape index (κ3) is 1.69. The quantitative estimate of drug-likeness (QED) is 0.570. The number of esters is 1. The monoisotopic (exact) mass is 183 g/mol. The molecule has 4 heteroatoms. The molecule has 2 rings (SSSR count). The number of ether oxygens (including phenoxy) is 1. The van der Waals surface area contributed by atoms with Crippen LogP contribution in [0.5, 0.6) is 0 Å². The summed E-state index contributed by atoms with van der Waals surface area (Å²) >= 11 is 0. The molecule has 73 valence electrons. The van der Waals surface area contributed by atoms with Crippen LogP contribution in [0.2, 0.25) is 0 Å². The van der Waals surface area contributed by atoms with E-state index in [4.69, 9.17) is 4.74 Å². The number of hydrogen-bond acceptors (Lipinski definition) is 3. The summed E-state index contributed by atoms with van der Waals surface area (Å²) in [6.45, 7) is 5.00. The Balaban J connectivity index is 1.68. The number of hydrogen-bond donors (Lipinski definition) is 0. The summed E-state index contributed by atoms with van der Waals surface area (Å²) in [6, 6.07) is 0. The molecular weight excluding hydrogens is 168 g/mol. The van der Waals surface area contributed by atoms with Crippen LogP contribution in [0.15, 0.2) is 0 Å². The zero-order chi connectivity index (χ0) is 9.26. The maximum absolute atomic E-state index is 11.2. The summed E-state index contributed by atoms with van der Waals surface area (Å²) in [5.74, 6) is 0.0637. The van der Waals surface area contributed by atoms with E-state index in [9.17, 15) is 4.79 Å². The molecule has 2 heterocycles. The molecule has 0 aliphatic carbocycles. The molecule has 0 bridgehead atoms. The molecule has 2 fully saturated rings. The molecule has 4 nitrogen and oxygen atoms in total. The van der Waals surface area contributed by atoms with Gasteiger partial charge in [-0.2, -0.15) is 0 Å². The molecule has 13 heavy (non-hydrogen) atoms. The van der Waals surface area contributed by atoms with E-state index in [-0.39, 0.29) is 11.9 Å². The van der Waals surface area contributed by atoms with Crippen LogP contribution in [-0.2, 0) is 9.53 Å². The number of likely N-dealkylation sites (tertiary alicyclic amines) is 1. The molecule has 0 saturated carbocycles. The van der Waals surface area contributed by atoms with Crippen LogP contribution in [0, 0.1) is 5.92 Å². The van der Waals surface area contributed by atoms with Crippen molar-refractivity contribution >= 4 is 5.97 Å². The van der Waals surface area contributed by atoms with Gasteiger partial charge in [0.25, 0.3) is 0 Å². The second-order valence-electron chi connectivity index (χ2n) is 3.58. The predicted octanol–water partition coefficient (Wildman–Crippen LogP) is -0.185. The molecule has 0 spiro atoms. The first-order chi connectivity index (χ1) is 6.31. The highest BCUT2D eigenvalue weighted by Crippen LogP contribution is 2.23. The SMILES string of the molecule is CCOC(=O)C1CN(C2CC[N]2)C1. The van der Waals surface area contributed by atoms with Crippen molar-refractivity contribution in [3.8, 4) is 0 Å². The Labute approximate surface area is 78.2 Å². The highest BCUT2D eigenvalue weighted by Gasteiger charge is 2.39. The van der Waals surface area contributed by atoms with E-state index in [0.29, 0.717) is 12.8 Å². The van der Waals surface area contributed by atoms with Gasteiger partial charge in [0.05, 0.1) is 18.7 Å². The Morgan fingerprint density at radius 2 is 2.31 bits per heavy atom. The summed E-state index contributed by atoms with van der Waals surface area (Å²) in [6.07, 6.45) is 1.57. The molecule has 2 aliphatic heterocycles. The number of nitrogens with zero attached hydrogens (tertiary/aromatic N) is 2. The number of rotatable bonds is 3. The summed E-state index contributed by atoms with van der Waals surface area (Å²) in [4.78, 5) is 13.5. The van der Waals surface area contributed by atoms with Crippen LogP contribution < -0.4 is 5.32 Å². The van der Waals surface area contributed by atoms with Crippen LogP contribution >= 0.6 is 0 Å². The van der Waals surface area contributed by atoms with Crippen molar-refractivity contribution in [2.24, 2.45) is 5.92 Å². The lowest BCUT2D eigenvalue weighted by Gasteiger charge is -2.46. The van der Waals surface area contributed by atoms with Gasteiger partial charge < -0.3 is 4.74 Å². The second kappa shape index (κ2) is 3.64. The molecule has 1 unspecified atom stereocenters. The second-order valence-corrected chi connectivity index (χ2v) is 3.58. The van der Waals surface area contributed by atoms with Gasteiger partial charge in [0.1, 0.15) is 0 Å². The fourth-order valence-electron chi connectivity index (χ4n) is 1.71. The average Bonchev–Trinajstić information content (AvgIpc) is 1.91. The highest BCUT2D eigenvalue weighted by atomic mass is 16.5. The average molecular weight is 183 g/mol. The minimum absolute atomic E-state index is 0.0435. The van der Waals surface area contributed by atoms with Crippen molar-refractivity contribution in [3.63, 3.8) is 0 Å². The molecule has 0 aromatic rings. The molecule has 0 N–H and O–H groups in total. The van der Waals surface area contributed by atoms with Gasteiger partial charge in [-0.25, -0.2) is 5.32 Å². The minimum Gasteiger partial charge on any atom is -0.466 e. The van der Waals surface area contributed by atoms with Gasteiger partial charge in [-0.3, -0.25) is 9.69 Å². The molecule has 1 radical (unpaired) electrons. The van der Waals surface area contributed by atoms with Gasteiger partial charge in [-0.05, 0) is 13.3 Å². The van der Waals surface area contributed by atoms with E-state index in [1.54, 1.807) is 0 Å². The molecule has 1 atom stereocenters. The van der Waals surface area contributed by atoms with Gasteiger partial charge in [0.2, 0.25) is 0 Å². The van der Waals surface area contributed by atoms with Crippen molar-refractivity contribution in [3.05, 3.63) is 0 Å². The lowest BCUT2D eigenvalue weighted by atomic mass is 9.97. The molecular formula is C9H15N2O2. The molecule has 0 amide bonds. The van der Waals surface area contributed by atoms with E-state index in [1.807, 2.05) is 6.92 Å². The maximum atomic E-state index is 11.2. The minimum atomic E-state index is -0.0435. The van der Waals surface area contributed by atoms with Gasteiger partial charge in [-0.1, -0.05) is 0 Å². The standard InChI is InChI=1S/C9H15N2O2/c1-2-13-9(12)7-5-11(6-7)8-3-4-10-8/h7-8H,2-6H2,1H3. The zero-order valence-corrected chi connectivity index (χ0v) is 7.90. The van der Waals surface area contributed by atoms with Crippen molar-refractivity contribution in [2.45, 2.75) is 19.5 Å². The first kappa shape index (κ1) is 8.97. The van der Waals surface area contributed by atoms with Crippen molar-refractivity contribution in [1.29, 1.82) is 0 Å². The van der Waals surface area contributed by atoms with Crippen LogP contribution in [0.4, 0.5) is 0 Å².